The average molecular weight is 240 g/mol. The number of hydrogen-bond acceptors (Lipinski definition) is 2. The van der Waals surface area contributed by atoms with Gasteiger partial charge in [-0.3, -0.25) is 0 Å². The number of alkyl halides is 6. The number of ether oxygens (including phenoxy) is 1. The van der Waals surface area contributed by atoms with Crippen LogP contribution in [0.1, 0.15) is 20.8 Å². The van der Waals surface area contributed by atoms with Crippen molar-refractivity contribution < 1.29 is 36.2 Å². The van der Waals surface area contributed by atoms with Gasteiger partial charge in [-0.15, -0.1) is 0 Å². The Morgan fingerprint density at radius 3 is 1.13 bits per heavy atom. The van der Waals surface area contributed by atoms with Gasteiger partial charge in [-0.05, 0) is 20.8 Å². The highest BCUT2D eigenvalue weighted by Gasteiger charge is 2.73. The van der Waals surface area contributed by atoms with Crippen molar-refractivity contribution in [3.63, 3.8) is 0 Å². The van der Waals surface area contributed by atoms with Gasteiger partial charge >= 0.3 is 18.1 Å². The summed E-state index contributed by atoms with van der Waals surface area (Å²) in [6, 6.07) is 0. The van der Waals surface area contributed by atoms with Gasteiger partial charge in [-0.1, -0.05) is 0 Å². The molecule has 0 unspecified atom stereocenters. The van der Waals surface area contributed by atoms with E-state index >= 15 is 0 Å². The SMILES string of the molecule is CC(C)(C)OC(O)(C(F)(F)F)C(F)(F)F. The summed E-state index contributed by atoms with van der Waals surface area (Å²) < 4.78 is 75.9. The average Bonchev–Trinajstić information content (AvgIpc) is 1.77. The molecule has 15 heavy (non-hydrogen) atoms. The molecule has 0 aliphatic rings. The van der Waals surface area contributed by atoms with E-state index in [2.05, 4.69) is 4.74 Å². The molecule has 0 aliphatic carbocycles. The van der Waals surface area contributed by atoms with Crippen molar-refractivity contribution in [1.29, 1.82) is 0 Å². The molecule has 1 N–H and O–H groups in total. The van der Waals surface area contributed by atoms with Crippen molar-refractivity contribution in [2.24, 2.45) is 0 Å². The van der Waals surface area contributed by atoms with E-state index in [9.17, 15) is 26.3 Å². The van der Waals surface area contributed by atoms with E-state index < -0.39 is 23.7 Å². The first-order valence-corrected chi connectivity index (χ1v) is 3.77. The molecule has 0 radical (unpaired) electrons. The Labute approximate surface area is 81.8 Å². The normalized spacial score (nSPS) is 15.6. The van der Waals surface area contributed by atoms with Gasteiger partial charge in [0.15, 0.2) is 0 Å². The maximum Gasteiger partial charge on any atom is 0.453 e. The van der Waals surface area contributed by atoms with Crippen LogP contribution in [0, 0.1) is 0 Å². The molecule has 0 bridgehead atoms. The Hall–Kier alpha value is -0.500. The summed E-state index contributed by atoms with van der Waals surface area (Å²) in [7, 11) is 0. The largest absolute Gasteiger partial charge is 0.453 e. The van der Waals surface area contributed by atoms with Crippen LogP contribution < -0.4 is 0 Å². The van der Waals surface area contributed by atoms with Crippen LogP contribution in [0.15, 0.2) is 0 Å². The minimum atomic E-state index is -5.95. The van der Waals surface area contributed by atoms with Gasteiger partial charge in [0.2, 0.25) is 0 Å². The third-order valence-electron chi connectivity index (χ3n) is 1.22. The van der Waals surface area contributed by atoms with Gasteiger partial charge in [-0.25, -0.2) is 0 Å². The molecule has 92 valence electrons. The lowest BCUT2D eigenvalue weighted by Gasteiger charge is -2.37. The zero-order valence-corrected chi connectivity index (χ0v) is 8.12. The monoisotopic (exact) mass is 240 g/mol. The maximum atomic E-state index is 12.0. The number of aliphatic hydroxyl groups is 1. The Kier molecular flexibility index (Phi) is 3.40. The van der Waals surface area contributed by atoms with Gasteiger partial charge < -0.3 is 9.84 Å². The van der Waals surface area contributed by atoms with Gasteiger partial charge in [0, 0.05) is 0 Å². The van der Waals surface area contributed by atoms with E-state index in [1.54, 1.807) is 0 Å². The van der Waals surface area contributed by atoms with Gasteiger partial charge in [-0.2, -0.15) is 26.3 Å². The Bertz CT molecular complexity index is 209. The van der Waals surface area contributed by atoms with Crippen LogP contribution in [-0.2, 0) is 4.74 Å². The van der Waals surface area contributed by atoms with Crippen molar-refractivity contribution >= 4 is 0 Å². The molecule has 0 rings (SSSR count). The molecule has 0 heterocycles. The Morgan fingerprint density at radius 2 is 1.07 bits per heavy atom. The minimum absolute atomic E-state index is 0.968. The maximum absolute atomic E-state index is 12.0. The molecule has 0 aliphatic heterocycles. The van der Waals surface area contributed by atoms with Crippen LogP contribution in [0.5, 0.6) is 0 Å². The van der Waals surface area contributed by atoms with E-state index in [1.165, 1.54) is 0 Å². The van der Waals surface area contributed by atoms with Crippen LogP contribution >= 0.6 is 0 Å². The number of rotatable bonds is 1. The predicted octanol–water partition coefficient (Wildman–Crippen LogP) is 2.61. The smallest absolute Gasteiger partial charge is 0.351 e. The zero-order valence-electron chi connectivity index (χ0n) is 8.12. The molecule has 0 amide bonds. The second-order valence-corrected chi connectivity index (χ2v) is 3.85. The van der Waals surface area contributed by atoms with Gasteiger partial charge in [0.25, 0.3) is 0 Å². The van der Waals surface area contributed by atoms with Crippen molar-refractivity contribution in [1.82, 2.24) is 0 Å². The van der Waals surface area contributed by atoms with Crippen LogP contribution in [0.2, 0.25) is 0 Å². The van der Waals surface area contributed by atoms with Crippen LogP contribution in [0.25, 0.3) is 0 Å². The lowest BCUT2D eigenvalue weighted by molar-refractivity contribution is -0.473. The summed E-state index contributed by atoms with van der Waals surface area (Å²) in [5.41, 5.74) is -1.79. The fraction of sp³-hybridized carbons (Fsp3) is 1.00. The predicted molar refractivity (Wildman–Crippen MR) is 37.9 cm³/mol. The quantitative estimate of drug-likeness (QED) is 0.564. The molecular weight excluding hydrogens is 230 g/mol. The molecule has 2 nitrogen and oxygen atoms in total. The molecule has 0 aromatic rings. The highest BCUT2D eigenvalue weighted by Crippen LogP contribution is 2.45. The first kappa shape index (κ1) is 14.5. The Morgan fingerprint density at radius 1 is 0.800 bits per heavy atom. The van der Waals surface area contributed by atoms with E-state index in [0.717, 1.165) is 20.8 Å². The summed E-state index contributed by atoms with van der Waals surface area (Å²) in [6.45, 7) is 2.90. The lowest BCUT2D eigenvalue weighted by Crippen LogP contribution is -2.61. The minimum Gasteiger partial charge on any atom is -0.351 e. The number of halogens is 6. The third kappa shape index (κ3) is 3.23. The van der Waals surface area contributed by atoms with Crippen molar-refractivity contribution in [3.8, 4) is 0 Å². The fourth-order valence-electron chi connectivity index (χ4n) is 0.720. The lowest BCUT2D eigenvalue weighted by atomic mass is 10.1. The third-order valence-corrected chi connectivity index (χ3v) is 1.22. The molecule has 0 fully saturated rings. The molecule has 0 spiro atoms. The van der Waals surface area contributed by atoms with E-state index in [-0.39, 0.29) is 0 Å². The van der Waals surface area contributed by atoms with Gasteiger partial charge in [0.1, 0.15) is 0 Å². The number of hydrogen-bond donors (Lipinski definition) is 1. The first-order valence-electron chi connectivity index (χ1n) is 3.77. The molecule has 0 saturated heterocycles. The summed E-state index contributed by atoms with van der Waals surface area (Å²) in [5.74, 6) is -5.14. The second-order valence-electron chi connectivity index (χ2n) is 3.85. The van der Waals surface area contributed by atoms with E-state index in [0.29, 0.717) is 0 Å². The van der Waals surface area contributed by atoms with Gasteiger partial charge in [0.05, 0.1) is 5.60 Å². The van der Waals surface area contributed by atoms with E-state index in [1.807, 2.05) is 0 Å². The summed E-state index contributed by atoms with van der Waals surface area (Å²) in [6.07, 6.45) is -11.9. The highest BCUT2D eigenvalue weighted by molar-refractivity contribution is 4.87. The standard InChI is InChI=1S/C7H10F6O2/c1-4(2,3)15-5(14,6(8,9)10)7(11,12)13/h14H,1-3H3. The molecule has 8 heteroatoms. The summed E-state index contributed by atoms with van der Waals surface area (Å²) in [4.78, 5) is 0. The molecule has 0 saturated carbocycles. The molecule has 0 aromatic heterocycles. The van der Waals surface area contributed by atoms with Crippen LogP contribution in [-0.4, -0.2) is 28.8 Å². The zero-order chi connectivity index (χ0) is 12.7. The summed E-state index contributed by atoms with van der Waals surface area (Å²) in [5, 5.41) is 8.55. The molecule has 0 aromatic carbocycles. The first-order chi connectivity index (χ1) is 6.21. The van der Waals surface area contributed by atoms with Crippen LogP contribution in [0.4, 0.5) is 26.3 Å². The van der Waals surface area contributed by atoms with Crippen molar-refractivity contribution in [2.75, 3.05) is 0 Å². The van der Waals surface area contributed by atoms with E-state index in [4.69, 9.17) is 5.11 Å². The Balaban J connectivity index is 5.26. The highest BCUT2D eigenvalue weighted by atomic mass is 19.4. The fourth-order valence-corrected chi connectivity index (χ4v) is 0.720. The van der Waals surface area contributed by atoms with Crippen molar-refractivity contribution in [3.05, 3.63) is 0 Å². The summed E-state index contributed by atoms with van der Waals surface area (Å²) >= 11 is 0. The van der Waals surface area contributed by atoms with Crippen molar-refractivity contribution in [2.45, 2.75) is 44.5 Å². The van der Waals surface area contributed by atoms with Crippen LogP contribution in [0.3, 0.4) is 0 Å². The second kappa shape index (κ2) is 3.51. The topological polar surface area (TPSA) is 29.5 Å². The molecular formula is C7H10F6O2. The molecule has 0 atom stereocenters.